The van der Waals surface area contributed by atoms with Crippen LogP contribution in [0.3, 0.4) is 0 Å². The number of amides is 1. The molecule has 0 aliphatic carbocycles. The molecule has 0 N–H and O–H groups in total. The number of carbonyl (C=O) groups excluding carboxylic acids is 2. The van der Waals surface area contributed by atoms with Gasteiger partial charge in [0.2, 0.25) is 0 Å². The van der Waals surface area contributed by atoms with Gasteiger partial charge in [0, 0.05) is 21.4 Å². The van der Waals surface area contributed by atoms with E-state index in [2.05, 4.69) is 0 Å². The van der Waals surface area contributed by atoms with E-state index in [9.17, 15) is 9.59 Å². The zero-order chi connectivity index (χ0) is 20.3. The number of rotatable bonds is 5. The van der Waals surface area contributed by atoms with Gasteiger partial charge in [0.25, 0.3) is 5.91 Å². The standard InChI is InChI=1S/C21H21Cl2NO3S/c1-13(2)11-27-21(26)18-12-28-20(15-4-3-5-17(23)10-15)24(18)19(25)14-6-8-16(22)9-7-14/h3-10,13,18,20H,11-12H2,1-2H3. The monoisotopic (exact) mass is 437 g/mol. The Morgan fingerprint density at radius 2 is 1.86 bits per heavy atom. The zero-order valence-corrected chi connectivity index (χ0v) is 17.9. The van der Waals surface area contributed by atoms with E-state index in [4.69, 9.17) is 27.9 Å². The second kappa shape index (κ2) is 9.21. The SMILES string of the molecule is CC(C)COC(=O)C1CSC(c2cccc(Cl)c2)N1C(=O)c1ccc(Cl)cc1. The fraction of sp³-hybridized carbons (Fsp3) is 0.333. The minimum Gasteiger partial charge on any atom is -0.464 e. The number of benzene rings is 2. The van der Waals surface area contributed by atoms with Crippen molar-refractivity contribution in [3.05, 3.63) is 69.7 Å². The first-order valence-electron chi connectivity index (χ1n) is 8.98. The largest absolute Gasteiger partial charge is 0.464 e. The van der Waals surface area contributed by atoms with E-state index < -0.39 is 6.04 Å². The Labute approximate surface area is 179 Å². The van der Waals surface area contributed by atoms with Crippen molar-refractivity contribution in [2.75, 3.05) is 12.4 Å². The van der Waals surface area contributed by atoms with Crippen LogP contribution in [0, 0.1) is 5.92 Å². The summed E-state index contributed by atoms with van der Waals surface area (Å²) in [6.07, 6.45) is 0. The highest BCUT2D eigenvalue weighted by atomic mass is 35.5. The zero-order valence-electron chi connectivity index (χ0n) is 15.6. The smallest absolute Gasteiger partial charge is 0.329 e. The lowest BCUT2D eigenvalue weighted by atomic mass is 10.1. The first-order chi connectivity index (χ1) is 13.4. The maximum atomic E-state index is 13.3. The number of hydrogen-bond acceptors (Lipinski definition) is 4. The average Bonchev–Trinajstić information content (AvgIpc) is 3.11. The number of esters is 1. The number of ether oxygens (including phenoxy) is 1. The first-order valence-corrected chi connectivity index (χ1v) is 10.8. The van der Waals surface area contributed by atoms with Gasteiger partial charge in [-0.25, -0.2) is 4.79 Å². The van der Waals surface area contributed by atoms with E-state index in [0.717, 1.165) is 5.56 Å². The predicted molar refractivity (Wildman–Crippen MR) is 114 cm³/mol. The van der Waals surface area contributed by atoms with Crippen LogP contribution in [0.5, 0.6) is 0 Å². The molecule has 1 aliphatic heterocycles. The van der Waals surface area contributed by atoms with Gasteiger partial charge in [0.15, 0.2) is 0 Å². The van der Waals surface area contributed by atoms with Crippen molar-refractivity contribution >= 4 is 46.8 Å². The van der Waals surface area contributed by atoms with E-state index in [1.165, 1.54) is 11.8 Å². The molecular formula is C21H21Cl2NO3S. The first kappa shape index (κ1) is 21.0. The van der Waals surface area contributed by atoms with Crippen molar-refractivity contribution in [2.24, 2.45) is 5.92 Å². The summed E-state index contributed by atoms with van der Waals surface area (Å²) in [5.41, 5.74) is 1.35. The van der Waals surface area contributed by atoms with Gasteiger partial charge in [-0.1, -0.05) is 49.2 Å². The molecule has 0 bridgehead atoms. The molecule has 3 rings (SSSR count). The highest BCUT2D eigenvalue weighted by molar-refractivity contribution is 7.99. The molecule has 1 heterocycles. The highest BCUT2D eigenvalue weighted by Crippen LogP contribution is 2.43. The molecule has 7 heteroatoms. The maximum absolute atomic E-state index is 13.3. The van der Waals surface area contributed by atoms with Crippen molar-refractivity contribution in [3.63, 3.8) is 0 Å². The van der Waals surface area contributed by atoms with Crippen LogP contribution in [0.2, 0.25) is 10.0 Å². The summed E-state index contributed by atoms with van der Waals surface area (Å²) in [6, 6.07) is 13.4. The molecule has 148 valence electrons. The van der Waals surface area contributed by atoms with Crippen LogP contribution in [0.4, 0.5) is 0 Å². The molecule has 0 spiro atoms. The third-order valence-electron chi connectivity index (χ3n) is 4.29. The molecule has 2 atom stereocenters. The van der Waals surface area contributed by atoms with Gasteiger partial charge in [-0.05, 0) is 47.9 Å². The van der Waals surface area contributed by atoms with Crippen LogP contribution in [-0.2, 0) is 9.53 Å². The van der Waals surface area contributed by atoms with Crippen molar-refractivity contribution in [1.29, 1.82) is 0 Å². The molecule has 4 nitrogen and oxygen atoms in total. The lowest BCUT2D eigenvalue weighted by molar-refractivity contribution is -0.149. The minimum atomic E-state index is -0.657. The Morgan fingerprint density at radius 1 is 1.14 bits per heavy atom. The normalized spacial score (nSPS) is 19.1. The van der Waals surface area contributed by atoms with Crippen LogP contribution in [0.25, 0.3) is 0 Å². The van der Waals surface area contributed by atoms with Gasteiger partial charge in [-0.15, -0.1) is 11.8 Å². The molecule has 1 aliphatic rings. The van der Waals surface area contributed by atoms with E-state index >= 15 is 0 Å². The fourth-order valence-corrected chi connectivity index (χ4v) is 4.67. The Hall–Kier alpha value is -1.69. The Kier molecular flexibility index (Phi) is 6.91. The molecule has 0 radical (unpaired) electrons. The average molecular weight is 438 g/mol. The number of hydrogen-bond donors (Lipinski definition) is 0. The van der Waals surface area contributed by atoms with E-state index in [1.54, 1.807) is 35.2 Å². The highest BCUT2D eigenvalue weighted by Gasteiger charge is 2.43. The van der Waals surface area contributed by atoms with Crippen molar-refractivity contribution < 1.29 is 14.3 Å². The van der Waals surface area contributed by atoms with E-state index in [-0.39, 0.29) is 23.2 Å². The van der Waals surface area contributed by atoms with Crippen molar-refractivity contribution in [2.45, 2.75) is 25.3 Å². The summed E-state index contributed by atoms with van der Waals surface area (Å²) in [5.74, 6) is 0.0706. The van der Waals surface area contributed by atoms with Gasteiger partial charge in [-0.3, -0.25) is 4.79 Å². The molecular weight excluding hydrogens is 417 g/mol. The lowest BCUT2D eigenvalue weighted by Gasteiger charge is -2.29. The summed E-state index contributed by atoms with van der Waals surface area (Å²) in [6.45, 7) is 4.27. The fourth-order valence-electron chi connectivity index (χ4n) is 2.94. The molecule has 2 unspecified atom stereocenters. The summed E-state index contributed by atoms with van der Waals surface area (Å²) in [5, 5.41) is 0.813. The summed E-state index contributed by atoms with van der Waals surface area (Å²) >= 11 is 13.6. The third kappa shape index (κ3) is 4.83. The number of halogens is 2. The third-order valence-corrected chi connectivity index (χ3v) is 6.10. The molecule has 1 fully saturated rings. The van der Waals surface area contributed by atoms with Crippen molar-refractivity contribution in [3.8, 4) is 0 Å². The van der Waals surface area contributed by atoms with Crippen LogP contribution in [0.15, 0.2) is 48.5 Å². The minimum absolute atomic E-state index is 0.224. The van der Waals surface area contributed by atoms with Gasteiger partial charge < -0.3 is 9.64 Å². The quantitative estimate of drug-likeness (QED) is 0.583. The molecule has 1 saturated heterocycles. The van der Waals surface area contributed by atoms with Crippen LogP contribution < -0.4 is 0 Å². The predicted octanol–water partition coefficient (Wildman–Crippen LogP) is 5.45. The summed E-state index contributed by atoms with van der Waals surface area (Å²) < 4.78 is 5.44. The summed E-state index contributed by atoms with van der Waals surface area (Å²) in [7, 11) is 0. The van der Waals surface area contributed by atoms with Crippen LogP contribution in [-0.4, -0.2) is 35.2 Å². The maximum Gasteiger partial charge on any atom is 0.329 e. The molecule has 1 amide bonds. The summed E-state index contributed by atoms with van der Waals surface area (Å²) in [4.78, 5) is 27.6. The van der Waals surface area contributed by atoms with Crippen LogP contribution >= 0.6 is 35.0 Å². The topological polar surface area (TPSA) is 46.6 Å². The molecule has 2 aromatic rings. The Morgan fingerprint density at radius 3 is 2.50 bits per heavy atom. The Bertz CT molecular complexity index is 857. The van der Waals surface area contributed by atoms with E-state index in [1.807, 2.05) is 32.0 Å². The van der Waals surface area contributed by atoms with Gasteiger partial charge >= 0.3 is 5.97 Å². The second-order valence-electron chi connectivity index (χ2n) is 7.00. The molecule has 28 heavy (non-hydrogen) atoms. The molecule has 2 aromatic carbocycles. The van der Waals surface area contributed by atoms with Crippen LogP contribution in [0.1, 0.15) is 35.1 Å². The van der Waals surface area contributed by atoms with E-state index in [0.29, 0.717) is 28.0 Å². The Balaban J connectivity index is 1.93. The molecule has 0 aromatic heterocycles. The number of nitrogens with zero attached hydrogens (tertiary/aromatic N) is 1. The molecule has 0 saturated carbocycles. The van der Waals surface area contributed by atoms with Crippen molar-refractivity contribution in [1.82, 2.24) is 4.90 Å². The lowest BCUT2D eigenvalue weighted by Crippen LogP contribution is -2.44. The van der Waals surface area contributed by atoms with Gasteiger partial charge in [0.1, 0.15) is 11.4 Å². The van der Waals surface area contributed by atoms with Gasteiger partial charge in [0.05, 0.1) is 6.61 Å². The number of thioether (sulfide) groups is 1. The second-order valence-corrected chi connectivity index (χ2v) is 8.99. The van der Waals surface area contributed by atoms with Gasteiger partial charge in [-0.2, -0.15) is 0 Å². The number of carbonyl (C=O) groups is 2.